The number of carbonyl (C=O) groups excluding carboxylic acids is 2. The van der Waals surface area contributed by atoms with Crippen molar-refractivity contribution in [1.29, 1.82) is 0 Å². The monoisotopic (exact) mass is 363 g/mol. The molecule has 2 rings (SSSR count). The van der Waals surface area contributed by atoms with Crippen molar-refractivity contribution in [3.8, 4) is 5.75 Å². The van der Waals surface area contributed by atoms with Gasteiger partial charge in [0, 0.05) is 6.54 Å². The number of hydrogen-bond acceptors (Lipinski definition) is 6. The molecule has 2 atom stereocenters. The molecule has 0 saturated heterocycles. The summed E-state index contributed by atoms with van der Waals surface area (Å²) in [6, 6.07) is 4.54. The average Bonchev–Trinajstić information content (AvgIpc) is 3.10. The molecule has 1 aromatic carbocycles. The highest BCUT2D eigenvalue weighted by Crippen LogP contribution is 2.21. The molecule has 0 radical (unpaired) electrons. The number of carboxylic acid groups (broad SMARTS) is 1. The van der Waals surface area contributed by atoms with Crippen molar-refractivity contribution in [2.24, 2.45) is 4.99 Å². The number of para-hydroxylation sites is 1. The summed E-state index contributed by atoms with van der Waals surface area (Å²) in [5.74, 6) is -1.55. The first kappa shape index (κ1) is 19.2. The van der Waals surface area contributed by atoms with Crippen molar-refractivity contribution in [3.63, 3.8) is 0 Å². The number of phenols is 1. The van der Waals surface area contributed by atoms with Gasteiger partial charge in [-0.25, -0.2) is 9.79 Å². The number of hydrogen-bond donors (Lipinski definition) is 4. The van der Waals surface area contributed by atoms with Gasteiger partial charge >= 0.3 is 5.97 Å². The number of amides is 2. The highest BCUT2D eigenvalue weighted by molar-refractivity contribution is 6.00. The number of carboxylic acids is 1. The lowest BCUT2D eigenvalue weighted by Crippen LogP contribution is -2.45. The first-order chi connectivity index (χ1) is 12.5. The lowest BCUT2D eigenvalue weighted by atomic mass is 10.1. The molecular formula is C17H21N3O6. The first-order valence-electron chi connectivity index (χ1n) is 8.22. The number of phenolic OH excluding ortho intramolecular Hbond substituents is 1. The fourth-order valence-electron chi connectivity index (χ4n) is 2.47. The van der Waals surface area contributed by atoms with Gasteiger partial charge in [0.1, 0.15) is 18.4 Å². The molecule has 1 aliphatic heterocycles. The zero-order valence-electron chi connectivity index (χ0n) is 14.1. The smallest absolute Gasteiger partial charge is 0.326 e. The Morgan fingerprint density at radius 3 is 2.81 bits per heavy atom. The fraction of sp³-hybridized carbons (Fsp3) is 0.412. The summed E-state index contributed by atoms with van der Waals surface area (Å²) in [6.07, 6.45) is 1.97. The van der Waals surface area contributed by atoms with Gasteiger partial charge < -0.3 is 25.6 Å². The number of unbranched alkanes of at least 4 members (excludes halogenated alkanes) is 1. The topological polar surface area (TPSA) is 137 Å². The molecule has 2 amide bonds. The SMILES string of the molecule is O=CNCCCC[C@@H](NC(=O)[C@@H]1COC(c2ccccc2O)=N1)C(=O)O. The molecule has 4 N–H and O–H groups in total. The maximum absolute atomic E-state index is 12.3. The van der Waals surface area contributed by atoms with Gasteiger partial charge in [-0.3, -0.25) is 9.59 Å². The van der Waals surface area contributed by atoms with Crippen LogP contribution in [0.25, 0.3) is 0 Å². The molecule has 0 aromatic heterocycles. The van der Waals surface area contributed by atoms with E-state index in [2.05, 4.69) is 15.6 Å². The molecule has 9 nitrogen and oxygen atoms in total. The van der Waals surface area contributed by atoms with E-state index in [9.17, 15) is 24.6 Å². The lowest BCUT2D eigenvalue weighted by Gasteiger charge is -2.15. The number of aromatic hydroxyl groups is 1. The van der Waals surface area contributed by atoms with E-state index in [1.807, 2.05) is 0 Å². The van der Waals surface area contributed by atoms with Crippen molar-refractivity contribution in [3.05, 3.63) is 29.8 Å². The largest absolute Gasteiger partial charge is 0.507 e. The average molecular weight is 363 g/mol. The fourth-order valence-corrected chi connectivity index (χ4v) is 2.47. The van der Waals surface area contributed by atoms with E-state index in [1.165, 1.54) is 6.07 Å². The molecule has 140 valence electrons. The molecule has 0 bridgehead atoms. The summed E-state index contributed by atoms with van der Waals surface area (Å²) in [4.78, 5) is 37.9. The van der Waals surface area contributed by atoms with Gasteiger partial charge in [0.15, 0.2) is 6.04 Å². The molecular weight excluding hydrogens is 342 g/mol. The van der Waals surface area contributed by atoms with Crippen LogP contribution in [0.15, 0.2) is 29.3 Å². The van der Waals surface area contributed by atoms with Crippen LogP contribution in [0.3, 0.4) is 0 Å². The van der Waals surface area contributed by atoms with Crippen molar-refractivity contribution in [2.45, 2.75) is 31.3 Å². The molecule has 0 spiro atoms. The van der Waals surface area contributed by atoms with Gasteiger partial charge in [0.2, 0.25) is 18.2 Å². The van der Waals surface area contributed by atoms with Crippen LogP contribution >= 0.6 is 0 Å². The zero-order chi connectivity index (χ0) is 18.9. The van der Waals surface area contributed by atoms with Crippen LogP contribution in [0.1, 0.15) is 24.8 Å². The molecule has 1 aliphatic rings. The van der Waals surface area contributed by atoms with Crippen LogP contribution < -0.4 is 10.6 Å². The number of nitrogens with zero attached hydrogens (tertiary/aromatic N) is 1. The summed E-state index contributed by atoms with van der Waals surface area (Å²) in [5, 5.41) is 24.0. The second-order valence-electron chi connectivity index (χ2n) is 5.75. The van der Waals surface area contributed by atoms with Crippen molar-refractivity contribution < 1.29 is 29.3 Å². The Hall–Kier alpha value is -3.10. The maximum atomic E-state index is 12.3. The number of ether oxygens (including phenoxy) is 1. The van der Waals surface area contributed by atoms with E-state index >= 15 is 0 Å². The maximum Gasteiger partial charge on any atom is 0.326 e. The van der Waals surface area contributed by atoms with Crippen LogP contribution in [0.5, 0.6) is 5.75 Å². The number of aliphatic carboxylic acids is 1. The number of benzene rings is 1. The number of rotatable bonds is 10. The summed E-state index contributed by atoms with van der Waals surface area (Å²) < 4.78 is 5.36. The third kappa shape index (κ3) is 5.20. The van der Waals surface area contributed by atoms with Crippen LogP contribution in [-0.2, 0) is 19.1 Å². The van der Waals surface area contributed by atoms with Crippen molar-refractivity contribution in [2.75, 3.05) is 13.2 Å². The Labute approximate surface area is 150 Å². The van der Waals surface area contributed by atoms with E-state index in [-0.39, 0.29) is 24.7 Å². The third-order valence-electron chi connectivity index (χ3n) is 3.85. The Morgan fingerprint density at radius 2 is 2.12 bits per heavy atom. The van der Waals surface area contributed by atoms with Crippen LogP contribution in [0, 0.1) is 0 Å². The molecule has 9 heteroatoms. The molecule has 26 heavy (non-hydrogen) atoms. The van der Waals surface area contributed by atoms with Gasteiger partial charge in [-0.1, -0.05) is 12.1 Å². The van der Waals surface area contributed by atoms with Crippen molar-refractivity contribution in [1.82, 2.24) is 10.6 Å². The number of nitrogens with one attached hydrogen (secondary N) is 2. The Kier molecular flexibility index (Phi) is 6.95. The molecule has 0 unspecified atom stereocenters. The molecule has 1 heterocycles. The number of aliphatic imine (C=N–C) groups is 1. The predicted octanol–water partition coefficient (Wildman–Crippen LogP) is 0.0233. The van der Waals surface area contributed by atoms with E-state index in [1.54, 1.807) is 18.2 Å². The molecule has 0 aliphatic carbocycles. The van der Waals surface area contributed by atoms with Gasteiger partial charge in [0.25, 0.3) is 0 Å². The highest BCUT2D eigenvalue weighted by atomic mass is 16.5. The van der Waals surface area contributed by atoms with Gasteiger partial charge in [-0.05, 0) is 31.4 Å². The van der Waals surface area contributed by atoms with E-state index in [4.69, 9.17) is 4.74 Å². The molecule has 0 saturated carbocycles. The highest BCUT2D eigenvalue weighted by Gasteiger charge is 2.30. The number of carbonyl (C=O) groups is 3. The van der Waals surface area contributed by atoms with Gasteiger partial charge in [0.05, 0.1) is 5.56 Å². The summed E-state index contributed by atoms with van der Waals surface area (Å²) in [7, 11) is 0. The predicted molar refractivity (Wildman–Crippen MR) is 91.9 cm³/mol. The van der Waals surface area contributed by atoms with Crippen LogP contribution in [0.2, 0.25) is 0 Å². The van der Waals surface area contributed by atoms with E-state index in [0.29, 0.717) is 31.4 Å². The Morgan fingerprint density at radius 1 is 1.35 bits per heavy atom. The molecule has 1 aromatic rings. The third-order valence-corrected chi connectivity index (χ3v) is 3.85. The van der Waals surface area contributed by atoms with Crippen LogP contribution in [0.4, 0.5) is 0 Å². The van der Waals surface area contributed by atoms with Crippen LogP contribution in [-0.4, -0.2) is 59.6 Å². The summed E-state index contributed by atoms with van der Waals surface area (Å²) in [6.45, 7) is 0.430. The van der Waals surface area contributed by atoms with Crippen molar-refractivity contribution >= 4 is 24.2 Å². The summed E-state index contributed by atoms with van der Waals surface area (Å²) >= 11 is 0. The normalized spacial score (nSPS) is 16.9. The van der Waals surface area contributed by atoms with Gasteiger partial charge in [-0.2, -0.15) is 0 Å². The quantitative estimate of drug-likeness (QED) is 0.342. The second kappa shape index (κ2) is 9.40. The second-order valence-corrected chi connectivity index (χ2v) is 5.75. The minimum atomic E-state index is -1.13. The van der Waals surface area contributed by atoms with Gasteiger partial charge in [-0.15, -0.1) is 0 Å². The standard InChI is InChI=1S/C17H21N3O6/c21-10-18-8-4-3-6-12(17(24)25)19-15(23)13-9-26-16(20-13)11-5-1-2-7-14(11)22/h1-2,5,7,10,12-13,22H,3-4,6,8-9H2,(H,18,21)(H,19,23)(H,24,25)/t12-,13+/m1/s1. The first-order valence-corrected chi connectivity index (χ1v) is 8.22. The zero-order valence-corrected chi connectivity index (χ0v) is 14.1. The minimum Gasteiger partial charge on any atom is -0.507 e. The van der Waals surface area contributed by atoms with E-state index < -0.39 is 24.0 Å². The Bertz CT molecular complexity index is 691. The Balaban J connectivity index is 1.92. The lowest BCUT2D eigenvalue weighted by molar-refractivity contribution is -0.142. The summed E-state index contributed by atoms with van der Waals surface area (Å²) in [5.41, 5.74) is 0.375. The molecule has 0 fully saturated rings. The minimum absolute atomic E-state index is 0.0142. The van der Waals surface area contributed by atoms with E-state index in [0.717, 1.165) is 0 Å².